The van der Waals surface area contributed by atoms with E-state index in [0.29, 0.717) is 159 Å². The predicted octanol–water partition coefficient (Wildman–Crippen LogP) is 11.3. The fraction of sp³-hybridized carbons (Fsp3) is 0.389. The third-order valence-electron chi connectivity index (χ3n) is 31.1. The molecule has 19 heterocycles. The van der Waals surface area contributed by atoms with Crippen LogP contribution in [0.4, 0.5) is 23.0 Å². The normalized spacial score (nSPS) is 20.7. The summed E-state index contributed by atoms with van der Waals surface area (Å²) in [4.78, 5) is 149. The Kier molecular flexibility index (Phi) is 27.3. The molecule has 7 saturated heterocycles. The second kappa shape index (κ2) is 41.3. The average molecular weight is 2040 g/mol. The third kappa shape index (κ3) is 20.5. The van der Waals surface area contributed by atoms with Gasteiger partial charge in [0.2, 0.25) is 47.2 Å². The smallest absolute Gasteiger partial charge is 0.237 e. The largest absolute Gasteiger partial charge is 0.475 e. The number of benzene rings is 5. The number of amides is 6. The van der Waals surface area contributed by atoms with Gasteiger partial charge in [-0.15, -0.1) is 0 Å². The van der Waals surface area contributed by atoms with Crippen molar-refractivity contribution in [1.82, 2.24) is 93.6 Å². The second-order valence-electron chi connectivity index (χ2n) is 41.9. The van der Waals surface area contributed by atoms with Gasteiger partial charge in [-0.25, -0.2) is 43.3 Å². The number of fused-ring (bicyclic) bond motifs is 3. The highest BCUT2D eigenvalue weighted by atomic mass is 32.2. The molecule has 36 nitrogen and oxygen atoms in total. The lowest BCUT2D eigenvalue weighted by atomic mass is 9.85. The SMILES string of the molecule is CC(C)Oc1ccc(C2=NCc3ccc(N4CC[C@]5(CCN(CC(=O)N6CC=C(c7ccc(-c8ncn(C)n8)cc7)CC6)C5)C4=O)nc32)cn1.CC(C)Oc1ccc(C2=NCc3ccc(N4CC[C@]5(CCN(CC(=O)N6CCN(c7ccc(-c8ncn(C)n8)cc7)CC6)C5)C4=O)nc32)cn1.Cn1cnc(-c2ccc(C3=CCN(C(=O)CN4CC[C@]5(CCN(c6ccc7c(c6)C(c6ccc(S(C)(=O)=O)cc6)=NC7)C5=O)C4)CC3)cc2)n1. The number of piperazine rings is 1. The standard InChI is InChI=1S/C38H41N9O3.C38H39N7O4S.C37H42N10O3/c1-25(2)50-32-11-9-29(20-39-32)34-35-30(21-40-34)8-10-31(42-35)47-19-15-38(37(47)49)14-18-45(23-38)22-33(48)46-16-12-27(13-17-46)26-4-6-28(7-5-26)36-41-24-44(3)43-36;1-42-25-40-36(41-42)29-5-3-26(4-6-29)27-13-17-44(18-14-27)34(46)23-43-19-15-38(24-43)16-20-45(37(38)47)31-10-7-30-22-39-35(33(30)21-31)28-8-11-32(12-9-28)50(2,48)49;1-25(2)50-31-11-7-27(20-38-31)33-34-28(21-39-33)6-10-30(41-34)47-15-13-37(36(47)49)12-14-44(23-37)22-32(48)46-18-16-45(17-19-46)29-8-4-26(5-9-29)35-40-24-43(3)42-35/h4-12,20,24-25H,13-19,21-23H2,1-3H3;3-13,21,25H,14-20,22-24H2,1-2H3;4-11,20,24-25H,12-19,21-23H2,1-3H3/t2*38-;37-/m000/s1. The summed E-state index contributed by atoms with van der Waals surface area (Å²) in [7, 11) is 2.28. The van der Waals surface area contributed by atoms with Crippen LogP contribution >= 0.6 is 0 Å². The topological polar surface area (TPSA) is 368 Å². The number of carbonyl (C=O) groups excluding carboxylic acids is 6. The lowest BCUT2D eigenvalue weighted by molar-refractivity contribution is -0.133. The molecule has 12 aliphatic rings. The van der Waals surface area contributed by atoms with Gasteiger partial charge in [0.05, 0.1) is 101 Å². The molecule has 3 spiro atoms. The first kappa shape index (κ1) is 99.3. The zero-order valence-electron chi connectivity index (χ0n) is 85.8. The Morgan fingerprint density at radius 2 is 0.753 bits per heavy atom. The van der Waals surface area contributed by atoms with E-state index in [2.05, 4.69) is 108 Å². The van der Waals surface area contributed by atoms with Crippen molar-refractivity contribution in [2.24, 2.45) is 52.4 Å². The number of aryl methyl sites for hydroxylation is 3. The Labute approximate surface area is 871 Å². The van der Waals surface area contributed by atoms with Crippen LogP contribution in [0.15, 0.2) is 227 Å². The van der Waals surface area contributed by atoms with E-state index in [-0.39, 0.29) is 52.5 Å². The molecule has 0 N–H and O–H groups in total. The molecule has 37 heteroatoms. The van der Waals surface area contributed by atoms with Crippen LogP contribution in [0.25, 0.3) is 45.3 Å². The van der Waals surface area contributed by atoms with Crippen LogP contribution in [-0.4, -0.2) is 304 Å². The van der Waals surface area contributed by atoms with Crippen molar-refractivity contribution in [3.63, 3.8) is 0 Å². The van der Waals surface area contributed by atoms with Crippen LogP contribution in [0, 0.1) is 16.2 Å². The molecule has 3 atom stereocenters. The molecule has 12 aromatic rings. The Morgan fingerprint density at radius 1 is 0.380 bits per heavy atom. The van der Waals surface area contributed by atoms with Gasteiger partial charge in [-0.3, -0.25) is 82.3 Å². The molecule has 7 fully saturated rings. The summed E-state index contributed by atoms with van der Waals surface area (Å²) in [6, 6.07) is 53.3. The summed E-state index contributed by atoms with van der Waals surface area (Å²) < 4.78 is 40.4. The summed E-state index contributed by atoms with van der Waals surface area (Å²) in [5.74, 6) is 5.25. The number of sulfone groups is 1. The van der Waals surface area contributed by atoms with Crippen molar-refractivity contribution in [3.05, 3.63) is 269 Å². The van der Waals surface area contributed by atoms with E-state index in [0.717, 1.165) is 191 Å². The minimum Gasteiger partial charge on any atom is -0.475 e. The number of likely N-dealkylation sites (tertiary alicyclic amines) is 3. The van der Waals surface area contributed by atoms with E-state index in [1.165, 1.54) is 17.4 Å². The van der Waals surface area contributed by atoms with Crippen molar-refractivity contribution in [1.29, 1.82) is 0 Å². The molecule has 770 valence electrons. The van der Waals surface area contributed by atoms with E-state index in [1.54, 1.807) is 69.7 Å². The number of ether oxygens (including phenoxy) is 2. The summed E-state index contributed by atoms with van der Waals surface area (Å²) in [5.41, 5.74) is 19.0. The van der Waals surface area contributed by atoms with Gasteiger partial charge >= 0.3 is 0 Å². The lowest BCUT2D eigenvalue weighted by Gasteiger charge is -2.37. The zero-order valence-corrected chi connectivity index (χ0v) is 86.6. The monoisotopic (exact) mass is 2030 g/mol. The Bertz CT molecular complexity index is 7500. The zero-order chi connectivity index (χ0) is 103. The molecule has 0 unspecified atom stereocenters. The summed E-state index contributed by atoms with van der Waals surface area (Å²) >= 11 is 0. The maximum absolute atomic E-state index is 14.0. The molecule has 0 saturated carbocycles. The van der Waals surface area contributed by atoms with Crippen molar-refractivity contribution in [2.45, 2.75) is 116 Å². The number of pyridine rings is 4. The third-order valence-corrected chi connectivity index (χ3v) is 32.2. The van der Waals surface area contributed by atoms with Gasteiger partial charge in [0, 0.05) is 205 Å². The number of anilines is 4. The molecule has 0 aliphatic carbocycles. The number of hydrogen-bond donors (Lipinski definition) is 0. The Balaban J connectivity index is 0.000000127. The van der Waals surface area contributed by atoms with Gasteiger partial charge in [0.25, 0.3) is 0 Å². The van der Waals surface area contributed by atoms with E-state index in [9.17, 15) is 37.2 Å². The number of aliphatic imine (C=N–C) groups is 3. The fourth-order valence-electron chi connectivity index (χ4n) is 22.8. The van der Waals surface area contributed by atoms with E-state index >= 15 is 0 Å². The van der Waals surface area contributed by atoms with Crippen LogP contribution < -0.4 is 29.1 Å². The van der Waals surface area contributed by atoms with Gasteiger partial charge in [0.1, 0.15) is 30.6 Å². The molecular formula is C113H122N26O10S. The van der Waals surface area contributed by atoms with Crippen LogP contribution in [0.5, 0.6) is 11.8 Å². The molecule has 5 aromatic carbocycles. The first-order valence-corrected chi connectivity index (χ1v) is 53.8. The molecule has 0 radical (unpaired) electrons. The van der Waals surface area contributed by atoms with Gasteiger partial charge in [-0.1, -0.05) is 91.0 Å². The minimum absolute atomic E-state index is 0.0454. The number of aromatic nitrogens is 13. The van der Waals surface area contributed by atoms with Crippen molar-refractivity contribution in [3.8, 4) is 45.9 Å². The van der Waals surface area contributed by atoms with Gasteiger partial charge < -0.3 is 34.0 Å². The molecular weight excluding hydrogens is 1910 g/mol. The lowest BCUT2D eigenvalue weighted by Crippen LogP contribution is -2.51. The number of rotatable bonds is 23. The summed E-state index contributed by atoms with van der Waals surface area (Å²) in [5, 5.41) is 13.1. The fourth-order valence-corrected chi connectivity index (χ4v) is 23.5. The van der Waals surface area contributed by atoms with E-state index < -0.39 is 26.1 Å². The van der Waals surface area contributed by atoms with Crippen LogP contribution in [0.3, 0.4) is 0 Å². The molecule has 0 bridgehead atoms. The highest BCUT2D eigenvalue weighted by Crippen LogP contribution is 2.47. The van der Waals surface area contributed by atoms with Gasteiger partial charge in [-0.2, -0.15) is 15.3 Å². The average Bonchev–Trinajstić information content (AvgIpc) is 1.60. The number of carbonyl (C=O) groups is 6. The maximum atomic E-state index is 14.0. The highest BCUT2D eigenvalue weighted by molar-refractivity contribution is 7.90. The van der Waals surface area contributed by atoms with Crippen LogP contribution in [0.1, 0.15) is 141 Å². The van der Waals surface area contributed by atoms with E-state index in [4.69, 9.17) is 34.4 Å². The second-order valence-corrected chi connectivity index (χ2v) is 43.9. The first-order valence-electron chi connectivity index (χ1n) is 51.9. The summed E-state index contributed by atoms with van der Waals surface area (Å²) in [6.07, 6.45) is 20.3. The van der Waals surface area contributed by atoms with Crippen molar-refractivity contribution >= 4 is 96.6 Å². The minimum atomic E-state index is -3.29. The summed E-state index contributed by atoms with van der Waals surface area (Å²) in [6.45, 7) is 21.8. The Morgan fingerprint density at radius 3 is 1.15 bits per heavy atom. The van der Waals surface area contributed by atoms with Gasteiger partial charge in [-0.05, 0) is 199 Å². The quantitative estimate of drug-likeness (QED) is 0.0574. The van der Waals surface area contributed by atoms with Crippen LogP contribution in [-0.2, 0) is 79.4 Å². The molecule has 24 rings (SSSR count). The van der Waals surface area contributed by atoms with E-state index in [1.807, 2.05) is 181 Å². The van der Waals surface area contributed by atoms with Crippen molar-refractivity contribution in [2.75, 3.05) is 157 Å². The van der Waals surface area contributed by atoms with Gasteiger partial charge in [0.15, 0.2) is 27.3 Å². The number of hydrogen-bond acceptors (Lipinski definition) is 27. The molecule has 6 amide bonds. The number of nitrogens with zero attached hydrogens (tertiary/aromatic N) is 26. The maximum Gasteiger partial charge on any atom is 0.237 e. The Hall–Kier alpha value is -15.3. The van der Waals surface area contributed by atoms with Crippen molar-refractivity contribution < 1.29 is 46.7 Å². The first-order chi connectivity index (χ1) is 72.5. The van der Waals surface area contributed by atoms with Crippen LogP contribution in [0.2, 0.25) is 0 Å². The molecule has 12 aliphatic heterocycles. The predicted molar refractivity (Wildman–Crippen MR) is 570 cm³/mol. The molecule has 7 aromatic heterocycles. The highest BCUT2D eigenvalue weighted by Gasteiger charge is 2.55. The molecule has 150 heavy (non-hydrogen) atoms.